The fourth-order valence-electron chi connectivity index (χ4n) is 3.83. The molecule has 86 valence electrons. The van der Waals surface area contributed by atoms with E-state index in [9.17, 15) is 4.79 Å². The Morgan fingerprint density at radius 2 is 2.13 bits per heavy atom. The molecule has 2 aliphatic rings. The Labute approximate surface area is 92.8 Å². The first-order valence-electron chi connectivity index (χ1n) is 6.38. The lowest BCUT2D eigenvalue weighted by atomic mass is 9.60. The molecule has 0 aromatic heterocycles. The molecule has 15 heavy (non-hydrogen) atoms. The summed E-state index contributed by atoms with van der Waals surface area (Å²) in [4.78, 5) is 11.6. The topological polar surface area (TPSA) is 29.1 Å². The summed E-state index contributed by atoms with van der Waals surface area (Å²) < 4.78 is 0. The molecule has 0 bridgehead atoms. The number of carbonyl (C=O) groups excluding carboxylic acids is 1. The zero-order chi connectivity index (χ0) is 11.1. The number of amides is 1. The summed E-state index contributed by atoms with van der Waals surface area (Å²) in [6, 6.07) is 0.433. The molecule has 2 rings (SSSR count). The number of hydrogen-bond donors (Lipinski definition) is 1. The van der Waals surface area contributed by atoms with Crippen molar-refractivity contribution in [1.29, 1.82) is 0 Å². The quantitative estimate of drug-likeness (QED) is 0.707. The molecule has 2 heteroatoms. The van der Waals surface area contributed by atoms with E-state index < -0.39 is 0 Å². The van der Waals surface area contributed by atoms with Gasteiger partial charge in [-0.05, 0) is 31.1 Å². The first-order valence-corrected chi connectivity index (χ1v) is 6.38. The van der Waals surface area contributed by atoms with Gasteiger partial charge in [0, 0.05) is 17.9 Å². The van der Waals surface area contributed by atoms with Gasteiger partial charge in [0.1, 0.15) is 0 Å². The van der Waals surface area contributed by atoms with Crippen LogP contribution in [0.4, 0.5) is 0 Å². The Kier molecular flexibility index (Phi) is 2.78. The van der Waals surface area contributed by atoms with Crippen molar-refractivity contribution in [1.82, 2.24) is 5.32 Å². The first-order chi connectivity index (χ1) is 7.08. The minimum Gasteiger partial charge on any atom is -0.353 e. The molecule has 2 fully saturated rings. The summed E-state index contributed by atoms with van der Waals surface area (Å²) in [6.45, 7) is 6.88. The first kappa shape index (κ1) is 11.0. The monoisotopic (exact) mass is 209 g/mol. The van der Waals surface area contributed by atoms with Gasteiger partial charge in [0.05, 0.1) is 0 Å². The second-order valence-electron chi connectivity index (χ2n) is 5.73. The molecule has 0 aromatic carbocycles. The van der Waals surface area contributed by atoms with Crippen LogP contribution in [-0.2, 0) is 4.79 Å². The average molecular weight is 209 g/mol. The van der Waals surface area contributed by atoms with Crippen molar-refractivity contribution in [3.8, 4) is 0 Å². The molecule has 4 unspecified atom stereocenters. The van der Waals surface area contributed by atoms with Crippen molar-refractivity contribution < 1.29 is 4.79 Å². The van der Waals surface area contributed by atoms with Crippen LogP contribution in [0.15, 0.2) is 0 Å². The normalized spacial score (nSPS) is 45.8. The number of rotatable bonds is 1. The molecular formula is C13H23NO. The predicted octanol–water partition coefficient (Wildman–Crippen LogP) is 2.73. The van der Waals surface area contributed by atoms with Crippen LogP contribution in [0.25, 0.3) is 0 Å². The lowest BCUT2D eigenvalue weighted by molar-refractivity contribution is -0.120. The van der Waals surface area contributed by atoms with Crippen LogP contribution in [0.5, 0.6) is 0 Å². The zero-order valence-electron chi connectivity index (χ0n) is 10.2. The Morgan fingerprint density at radius 3 is 2.80 bits per heavy atom. The van der Waals surface area contributed by atoms with Gasteiger partial charge in [0.25, 0.3) is 0 Å². The van der Waals surface area contributed by atoms with E-state index in [1.165, 1.54) is 19.3 Å². The summed E-state index contributed by atoms with van der Waals surface area (Å²) in [6.07, 6.45) is 5.74. The highest BCUT2D eigenvalue weighted by molar-refractivity contribution is 5.80. The standard InChI is InChI=1S/C13H23NO/c1-4-11-13(8-12(15)14-11)7-9(2)5-6-10(13)3/h9-11H,4-8H2,1-3H3,(H,14,15). The van der Waals surface area contributed by atoms with Crippen molar-refractivity contribution in [3.63, 3.8) is 0 Å². The van der Waals surface area contributed by atoms with Gasteiger partial charge in [0.2, 0.25) is 5.91 Å². The van der Waals surface area contributed by atoms with Crippen LogP contribution in [-0.4, -0.2) is 11.9 Å². The van der Waals surface area contributed by atoms with E-state index in [1.54, 1.807) is 0 Å². The summed E-state index contributed by atoms with van der Waals surface area (Å²) in [5.41, 5.74) is 0.281. The highest BCUT2D eigenvalue weighted by atomic mass is 16.2. The van der Waals surface area contributed by atoms with Crippen molar-refractivity contribution >= 4 is 5.91 Å². The van der Waals surface area contributed by atoms with Crippen LogP contribution >= 0.6 is 0 Å². The third-order valence-electron chi connectivity index (χ3n) is 4.73. The largest absolute Gasteiger partial charge is 0.353 e. The lowest BCUT2D eigenvalue weighted by Gasteiger charge is -2.45. The molecular weight excluding hydrogens is 186 g/mol. The van der Waals surface area contributed by atoms with Gasteiger partial charge in [-0.25, -0.2) is 0 Å². The molecule has 0 radical (unpaired) electrons. The SMILES string of the molecule is CCC1NC(=O)CC12CC(C)CCC2C. The van der Waals surface area contributed by atoms with E-state index >= 15 is 0 Å². The molecule has 1 spiro atoms. The van der Waals surface area contributed by atoms with Gasteiger partial charge >= 0.3 is 0 Å². The molecule has 1 heterocycles. The van der Waals surface area contributed by atoms with Crippen LogP contribution in [0.1, 0.15) is 52.9 Å². The molecule has 1 amide bonds. The number of carbonyl (C=O) groups is 1. The minimum absolute atomic E-state index is 0.280. The van der Waals surface area contributed by atoms with Crippen molar-refractivity contribution in [3.05, 3.63) is 0 Å². The highest BCUT2D eigenvalue weighted by Crippen LogP contribution is 2.51. The summed E-state index contributed by atoms with van der Waals surface area (Å²) in [7, 11) is 0. The van der Waals surface area contributed by atoms with E-state index in [-0.39, 0.29) is 11.3 Å². The second-order valence-corrected chi connectivity index (χ2v) is 5.73. The maximum Gasteiger partial charge on any atom is 0.220 e. The molecule has 1 aliphatic heterocycles. The van der Waals surface area contributed by atoms with Gasteiger partial charge in [-0.3, -0.25) is 4.79 Å². The van der Waals surface area contributed by atoms with Gasteiger partial charge in [0.15, 0.2) is 0 Å². The molecule has 1 aliphatic carbocycles. The fourth-order valence-corrected chi connectivity index (χ4v) is 3.83. The lowest BCUT2D eigenvalue weighted by Crippen LogP contribution is -2.44. The van der Waals surface area contributed by atoms with E-state index in [2.05, 4.69) is 26.1 Å². The van der Waals surface area contributed by atoms with Crippen molar-refractivity contribution in [2.24, 2.45) is 17.3 Å². The summed E-state index contributed by atoms with van der Waals surface area (Å²) in [5.74, 6) is 1.78. The Balaban J connectivity index is 2.24. The van der Waals surface area contributed by atoms with Crippen LogP contribution in [0, 0.1) is 17.3 Å². The molecule has 1 N–H and O–H groups in total. The van der Waals surface area contributed by atoms with Crippen LogP contribution in [0.3, 0.4) is 0 Å². The van der Waals surface area contributed by atoms with E-state index in [0.717, 1.165) is 18.8 Å². The molecule has 2 nitrogen and oxygen atoms in total. The van der Waals surface area contributed by atoms with Gasteiger partial charge < -0.3 is 5.32 Å². The molecule has 1 saturated carbocycles. The summed E-state index contributed by atoms with van der Waals surface area (Å²) >= 11 is 0. The van der Waals surface area contributed by atoms with Crippen molar-refractivity contribution in [2.45, 2.75) is 58.9 Å². The Bertz CT molecular complexity index is 263. The minimum atomic E-state index is 0.280. The van der Waals surface area contributed by atoms with Crippen LogP contribution in [0.2, 0.25) is 0 Å². The maximum atomic E-state index is 11.6. The highest BCUT2D eigenvalue weighted by Gasteiger charge is 2.51. The maximum absolute atomic E-state index is 11.6. The third-order valence-corrected chi connectivity index (χ3v) is 4.73. The van der Waals surface area contributed by atoms with Gasteiger partial charge in [-0.1, -0.05) is 27.2 Å². The van der Waals surface area contributed by atoms with Crippen LogP contribution < -0.4 is 5.32 Å². The number of hydrogen-bond acceptors (Lipinski definition) is 1. The molecule has 1 saturated heterocycles. The molecule has 0 aromatic rings. The van der Waals surface area contributed by atoms with Crippen molar-refractivity contribution in [2.75, 3.05) is 0 Å². The summed E-state index contributed by atoms with van der Waals surface area (Å²) in [5, 5.41) is 3.18. The second kappa shape index (κ2) is 3.80. The molecule has 4 atom stereocenters. The Morgan fingerprint density at radius 1 is 1.40 bits per heavy atom. The van der Waals surface area contributed by atoms with E-state index in [0.29, 0.717) is 12.0 Å². The fraction of sp³-hybridized carbons (Fsp3) is 0.923. The van der Waals surface area contributed by atoms with Gasteiger partial charge in [-0.2, -0.15) is 0 Å². The zero-order valence-corrected chi connectivity index (χ0v) is 10.2. The average Bonchev–Trinajstić information content (AvgIpc) is 2.50. The predicted molar refractivity (Wildman–Crippen MR) is 61.5 cm³/mol. The van der Waals surface area contributed by atoms with E-state index in [1.807, 2.05) is 0 Å². The number of nitrogens with one attached hydrogen (secondary N) is 1. The van der Waals surface area contributed by atoms with E-state index in [4.69, 9.17) is 0 Å². The third kappa shape index (κ3) is 1.68. The van der Waals surface area contributed by atoms with Gasteiger partial charge in [-0.15, -0.1) is 0 Å². The Hall–Kier alpha value is -0.530. The smallest absolute Gasteiger partial charge is 0.220 e.